The zero-order valence-electron chi connectivity index (χ0n) is 9.84. The lowest BCUT2D eigenvalue weighted by Gasteiger charge is -1.96. The minimum Gasteiger partial charge on any atom is -0.390 e. The number of nitrogens with zero attached hydrogens (tertiary/aromatic N) is 2. The van der Waals surface area contributed by atoms with Crippen molar-refractivity contribution in [1.82, 2.24) is 10.1 Å². The Morgan fingerprint density at radius 1 is 1.21 bits per heavy atom. The van der Waals surface area contributed by atoms with E-state index in [2.05, 4.69) is 10.1 Å². The van der Waals surface area contributed by atoms with E-state index in [-0.39, 0.29) is 0 Å². The molecule has 0 saturated heterocycles. The molecule has 2 N–H and O–H groups in total. The van der Waals surface area contributed by atoms with Gasteiger partial charge in [0, 0.05) is 11.4 Å². The van der Waals surface area contributed by atoms with Crippen LogP contribution in [0, 0.1) is 0 Å². The van der Waals surface area contributed by atoms with Crippen molar-refractivity contribution >= 4 is 27.9 Å². The average molecular weight is 292 g/mol. The highest BCUT2D eigenvalue weighted by Gasteiger charge is 2.12. The molecule has 1 aromatic carbocycles. The van der Waals surface area contributed by atoms with Crippen molar-refractivity contribution in [2.75, 3.05) is 5.73 Å². The maximum Gasteiger partial charge on any atom is 0.260 e. The first-order chi connectivity index (χ1) is 9.22. The molecule has 0 unspecified atom stereocenters. The summed E-state index contributed by atoms with van der Waals surface area (Å²) in [4.78, 5) is 4.35. The number of hydrogen-bond donors (Lipinski definition) is 1. The van der Waals surface area contributed by atoms with E-state index in [0.717, 1.165) is 11.1 Å². The first-order valence-electron chi connectivity index (χ1n) is 5.63. The van der Waals surface area contributed by atoms with E-state index >= 15 is 0 Å². The van der Waals surface area contributed by atoms with E-state index in [9.17, 15) is 0 Å². The molecule has 3 aromatic rings. The number of rotatable bonds is 3. The number of nitrogen functional groups attached to an aromatic ring is 1. The molecule has 0 amide bonds. The van der Waals surface area contributed by atoms with E-state index in [1.807, 2.05) is 35.7 Å². The van der Waals surface area contributed by atoms with Gasteiger partial charge in [-0.25, -0.2) is 0 Å². The predicted octanol–water partition coefficient (Wildman–Crippen LogP) is 3.62. The van der Waals surface area contributed by atoms with Crippen LogP contribution in [0.2, 0.25) is 5.02 Å². The molecule has 0 aliphatic rings. The van der Waals surface area contributed by atoms with Gasteiger partial charge in [0.1, 0.15) is 0 Å². The van der Waals surface area contributed by atoms with E-state index < -0.39 is 0 Å². The van der Waals surface area contributed by atoms with Gasteiger partial charge in [0.05, 0.1) is 10.6 Å². The van der Waals surface area contributed by atoms with Crippen LogP contribution >= 0.6 is 22.9 Å². The van der Waals surface area contributed by atoms with Crippen LogP contribution in [0.1, 0.15) is 11.4 Å². The quantitative estimate of drug-likeness (QED) is 0.800. The molecule has 0 fully saturated rings. The summed E-state index contributed by atoms with van der Waals surface area (Å²) in [6.45, 7) is 0. The Morgan fingerprint density at radius 2 is 2.00 bits per heavy atom. The van der Waals surface area contributed by atoms with Crippen LogP contribution in [0.3, 0.4) is 0 Å². The van der Waals surface area contributed by atoms with Gasteiger partial charge in [0.15, 0.2) is 5.82 Å². The predicted molar refractivity (Wildman–Crippen MR) is 76.3 cm³/mol. The number of anilines is 1. The largest absolute Gasteiger partial charge is 0.390 e. The molecule has 0 saturated carbocycles. The second kappa shape index (κ2) is 5.03. The lowest BCUT2D eigenvalue weighted by Crippen LogP contribution is -1.90. The summed E-state index contributed by atoms with van der Waals surface area (Å²) in [7, 11) is 0. The van der Waals surface area contributed by atoms with Crippen LogP contribution in [-0.4, -0.2) is 10.1 Å². The van der Waals surface area contributed by atoms with Gasteiger partial charge in [-0.15, -0.1) is 11.3 Å². The van der Waals surface area contributed by atoms with Gasteiger partial charge in [-0.3, -0.25) is 0 Å². The van der Waals surface area contributed by atoms with Crippen molar-refractivity contribution in [3.63, 3.8) is 0 Å². The Bertz CT molecular complexity index is 690. The van der Waals surface area contributed by atoms with Gasteiger partial charge < -0.3 is 10.3 Å². The third kappa shape index (κ3) is 2.62. The summed E-state index contributed by atoms with van der Waals surface area (Å²) in [5.41, 5.74) is 7.70. The summed E-state index contributed by atoms with van der Waals surface area (Å²) in [5, 5.41) is 7.25. The van der Waals surface area contributed by atoms with Crippen molar-refractivity contribution in [3.8, 4) is 11.5 Å². The van der Waals surface area contributed by atoms with E-state index in [0.29, 0.717) is 28.2 Å². The Balaban J connectivity index is 1.82. The highest BCUT2D eigenvalue weighted by Crippen LogP contribution is 2.29. The molecule has 0 atom stereocenters. The Morgan fingerprint density at radius 3 is 2.68 bits per heavy atom. The average Bonchev–Trinajstić information content (AvgIpc) is 3.01. The number of nitrogens with two attached hydrogens (primary N) is 1. The molecular formula is C13H10ClN3OS. The minimum atomic E-state index is 0.461. The molecule has 0 aliphatic carbocycles. The molecule has 0 aliphatic heterocycles. The second-order valence-corrected chi connectivity index (χ2v) is 5.40. The van der Waals surface area contributed by atoms with Crippen LogP contribution in [0.5, 0.6) is 0 Å². The third-order valence-electron chi connectivity index (χ3n) is 2.67. The molecular weight excluding hydrogens is 282 g/mol. The first kappa shape index (κ1) is 12.2. The standard InChI is InChI=1S/C13H10ClN3OS/c14-9-3-1-8(2-4-9)7-11-16-13(18-17-11)10-5-6-19-12(10)15/h1-6H,7,15H2. The molecule has 0 spiro atoms. The van der Waals surface area contributed by atoms with Gasteiger partial charge >= 0.3 is 0 Å². The summed E-state index contributed by atoms with van der Waals surface area (Å²) in [6.07, 6.45) is 0.602. The zero-order chi connectivity index (χ0) is 13.2. The van der Waals surface area contributed by atoms with Crippen molar-refractivity contribution in [1.29, 1.82) is 0 Å². The van der Waals surface area contributed by atoms with Gasteiger partial charge in [-0.2, -0.15) is 4.98 Å². The van der Waals surface area contributed by atoms with Gasteiger partial charge in [0.2, 0.25) is 0 Å². The molecule has 2 aromatic heterocycles. The number of benzene rings is 1. The topological polar surface area (TPSA) is 64.9 Å². The van der Waals surface area contributed by atoms with Crippen LogP contribution < -0.4 is 5.73 Å². The van der Waals surface area contributed by atoms with Crippen LogP contribution in [0.15, 0.2) is 40.2 Å². The van der Waals surface area contributed by atoms with Crippen molar-refractivity contribution < 1.29 is 4.52 Å². The minimum absolute atomic E-state index is 0.461. The maximum atomic E-state index is 5.84. The van der Waals surface area contributed by atoms with Gasteiger partial charge in [-0.1, -0.05) is 28.9 Å². The van der Waals surface area contributed by atoms with Crippen LogP contribution in [-0.2, 0) is 6.42 Å². The lowest BCUT2D eigenvalue weighted by molar-refractivity contribution is 0.424. The molecule has 6 heteroatoms. The smallest absolute Gasteiger partial charge is 0.260 e. The van der Waals surface area contributed by atoms with Crippen molar-refractivity contribution in [2.24, 2.45) is 0 Å². The monoisotopic (exact) mass is 291 g/mol. The maximum absolute atomic E-state index is 5.84. The zero-order valence-corrected chi connectivity index (χ0v) is 11.4. The van der Waals surface area contributed by atoms with Gasteiger partial charge in [-0.05, 0) is 29.1 Å². The molecule has 4 nitrogen and oxygen atoms in total. The fourth-order valence-corrected chi connectivity index (χ4v) is 2.48. The summed E-state index contributed by atoms with van der Waals surface area (Å²) in [6, 6.07) is 9.44. The van der Waals surface area contributed by atoms with Crippen molar-refractivity contribution in [2.45, 2.75) is 6.42 Å². The van der Waals surface area contributed by atoms with Crippen molar-refractivity contribution in [3.05, 3.63) is 52.1 Å². The molecule has 0 radical (unpaired) electrons. The van der Waals surface area contributed by atoms with E-state index in [1.165, 1.54) is 11.3 Å². The number of thiophene rings is 1. The summed E-state index contributed by atoms with van der Waals surface area (Å²) < 4.78 is 5.23. The fraction of sp³-hybridized carbons (Fsp3) is 0.0769. The fourth-order valence-electron chi connectivity index (χ4n) is 1.72. The highest BCUT2D eigenvalue weighted by atomic mass is 35.5. The summed E-state index contributed by atoms with van der Waals surface area (Å²) >= 11 is 7.29. The lowest BCUT2D eigenvalue weighted by atomic mass is 10.1. The SMILES string of the molecule is Nc1sccc1-c1nc(Cc2ccc(Cl)cc2)no1. The number of hydrogen-bond acceptors (Lipinski definition) is 5. The summed E-state index contributed by atoms with van der Waals surface area (Å²) in [5.74, 6) is 1.09. The number of aromatic nitrogens is 2. The highest BCUT2D eigenvalue weighted by molar-refractivity contribution is 7.14. The normalized spacial score (nSPS) is 10.8. The molecule has 96 valence electrons. The first-order valence-corrected chi connectivity index (χ1v) is 6.88. The van der Waals surface area contributed by atoms with E-state index in [4.69, 9.17) is 21.9 Å². The third-order valence-corrected chi connectivity index (χ3v) is 3.67. The Labute approximate surface area is 118 Å². The Hall–Kier alpha value is -1.85. The second-order valence-electron chi connectivity index (χ2n) is 4.02. The molecule has 19 heavy (non-hydrogen) atoms. The number of halogens is 1. The van der Waals surface area contributed by atoms with Crippen LogP contribution in [0.4, 0.5) is 5.00 Å². The van der Waals surface area contributed by atoms with Crippen LogP contribution in [0.25, 0.3) is 11.5 Å². The molecule has 3 rings (SSSR count). The van der Waals surface area contributed by atoms with Gasteiger partial charge in [0.25, 0.3) is 5.89 Å². The molecule has 0 bridgehead atoms. The Kier molecular flexibility index (Phi) is 3.23. The van der Waals surface area contributed by atoms with E-state index in [1.54, 1.807) is 0 Å². The molecule has 2 heterocycles.